The molecule has 0 atom stereocenters. The summed E-state index contributed by atoms with van der Waals surface area (Å²) in [6.45, 7) is 2.34. The molecule has 0 bridgehead atoms. The van der Waals surface area contributed by atoms with Gasteiger partial charge in [0.05, 0.1) is 19.3 Å². The van der Waals surface area contributed by atoms with Crippen LogP contribution in [0, 0.1) is 0 Å². The summed E-state index contributed by atoms with van der Waals surface area (Å²) in [5.74, 6) is 0. The SMILES string of the molecule is c1ccc(CCCOCCOC2CC2)cc1. The summed E-state index contributed by atoms with van der Waals surface area (Å²) in [4.78, 5) is 0. The van der Waals surface area contributed by atoms with Crippen molar-refractivity contribution in [1.82, 2.24) is 0 Å². The fraction of sp³-hybridized carbons (Fsp3) is 0.571. The van der Waals surface area contributed by atoms with Gasteiger partial charge in [0.15, 0.2) is 0 Å². The molecule has 1 aliphatic carbocycles. The van der Waals surface area contributed by atoms with E-state index in [-0.39, 0.29) is 0 Å². The topological polar surface area (TPSA) is 18.5 Å². The molecule has 16 heavy (non-hydrogen) atoms. The minimum Gasteiger partial charge on any atom is -0.379 e. The molecule has 2 heteroatoms. The molecule has 1 aromatic carbocycles. The van der Waals surface area contributed by atoms with Gasteiger partial charge < -0.3 is 9.47 Å². The van der Waals surface area contributed by atoms with Gasteiger partial charge in [0.1, 0.15) is 0 Å². The summed E-state index contributed by atoms with van der Waals surface area (Å²) in [7, 11) is 0. The Bertz CT molecular complexity index is 280. The Morgan fingerprint density at radius 3 is 2.56 bits per heavy atom. The van der Waals surface area contributed by atoms with Crippen LogP contribution in [0.4, 0.5) is 0 Å². The van der Waals surface area contributed by atoms with E-state index in [0.717, 1.165) is 32.7 Å². The van der Waals surface area contributed by atoms with Gasteiger partial charge >= 0.3 is 0 Å². The van der Waals surface area contributed by atoms with Crippen molar-refractivity contribution in [1.29, 1.82) is 0 Å². The predicted molar refractivity (Wildman–Crippen MR) is 64.6 cm³/mol. The van der Waals surface area contributed by atoms with Gasteiger partial charge in [-0.2, -0.15) is 0 Å². The Hall–Kier alpha value is -0.860. The summed E-state index contributed by atoms with van der Waals surface area (Å²) in [6.07, 6.45) is 5.23. The smallest absolute Gasteiger partial charge is 0.0704 e. The van der Waals surface area contributed by atoms with Crippen molar-refractivity contribution in [3.05, 3.63) is 35.9 Å². The summed E-state index contributed by atoms with van der Waals surface area (Å²) in [5.41, 5.74) is 1.39. The normalized spacial score (nSPS) is 15.2. The molecule has 2 rings (SSSR count). The Balaban J connectivity index is 1.42. The molecule has 0 aliphatic heterocycles. The molecule has 0 saturated heterocycles. The Morgan fingerprint density at radius 2 is 1.81 bits per heavy atom. The molecule has 2 nitrogen and oxygen atoms in total. The summed E-state index contributed by atoms with van der Waals surface area (Å²) in [6, 6.07) is 10.5. The second kappa shape index (κ2) is 6.66. The van der Waals surface area contributed by atoms with Crippen molar-refractivity contribution in [2.45, 2.75) is 31.8 Å². The maximum atomic E-state index is 5.51. The minimum atomic E-state index is 0.549. The van der Waals surface area contributed by atoms with Gasteiger partial charge in [0.25, 0.3) is 0 Å². The zero-order valence-corrected chi connectivity index (χ0v) is 9.73. The van der Waals surface area contributed by atoms with E-state index in [1.165, 1.54) is 18.4 Å². The van der Waals surface area contributed by atoms with Crippen LogP contribution in [0.2, 0.25) is 0 Å². The Labute approximate surface area is 97.6 Å². The molecule has 88 valence electrons. The highest BCUT2D eigenvalue weighted by Crippen LogP contribution is 2.22. The van der Waals surface area contributed by atoms with Gasteiger partial charge in [0, 0.05) is 6.61 Å². The van der Waals surface area contributed by atoms with Gasteiger partial charge in [0.2, 0.25) is 0 Å². The number of rotatable bonds is 8. The number of benzene rings is 1. The lowest BCUT2D eigenvalue weighted by Gasteiger charge is -2.05. The lowest BCUT2D eigenvalue weighted by molar-refractivity contribution is 0.0395. The standard InChI is InChI=1S/C14H20O2/c1-2-5-13(6-3-1)7-4-10-15-11-12-16-14-8-9-14/h1-3,5-6,14H,4,7-12H2. The number of aryl methyl sites for hydroxylation is 1. The second-order valence-electron chi connectivity index (χ2n) is 4.27. The van der Waals surface area contributed by atoms with E-state index in [0.29, 0.717) is 6.10 Å². The maximum Gasteiger partial charge on any atom is 0.0704 e. The van der Waals surface area contributed by atoms with Gasteiger partial charge in [-0.25, -0.2) is 0 Å². The fourth-order valence-corrected chi connectivity index (χ4v) is 1.63. The summed E-state index contributed by atoms with van der Waals surface area (Å²) in [5, 5.41) is 0. The van der Waals surface area contributed by atoms with E-state index in [1.54, 1.807) is 0 Å². The van der Waals surface area contributed by atoms with Gasteiger partial charge in [-0.15, -0.1) is 0 Å². The van der Waals surface area contributed by atoms with E-state index in [1.807, 2.05) is 0 Å². The molecule has 1 saturated carbocycles. The van der Waals surface area contributed by atoms with E-state index >= 15 is 0 Å². The largest absolute Gasteiger partial charge is 0.379 e. The summed E-state index contributed by atoms with van der Waals surface area (Å²) >= 11 is 0. The van der Waals surface area contributed by atoms with E-state index in [4.69, 9.17) is 9.47 Å². The Kier molecular flexibility index (Phi) is 4.84. The number of hydrogen-bond donors (Lipinski definition) is 0. The Morgan fingerprint density at radius 1 is 1.00 bits per heavy atom. The van der Waals surface area contributed by atoms with Crippen LogP contribution in [-0.4, -0.2) is 25.9 Å². The third kappa shape index (κ3) is 4.77. The third-order valence-corrected chi connectivity index (χ3v) is 2.70. The lowest BCUT2D eigenvalue weighted by Crippen LogP contribution is -2.06. The molecule has 0 spiro atoms. The van der Waals surface area contributed by atoms with Crippen molar-refractivity contribution in [2.75, 3.05) is 19.8 Å². The van der Waals surface area contributed by atoms with Crippen LogP contribution in [0.25, 0.3) is 0 Å². The van der Waals surface area contributed by atoms with Crippen LogP contribution in [0.5, 0.6) is 0 Å². The van der Waals surface area contributed by atoms with Crippen molar-refractivity contribution in [2.24, 2.45) is 0 Å². The van der Waals surface area contributed by atoms with Crippen LogP contribution < -0.4 is 0 Å². The number of hydrogen-bond acceptors (Lipinski definition) is 2. The third-order valence-electron chi connectivity index (χ3n) is 2.70. The molecule has 0 radical (unpaired) electrons. The molecule has 0 N–H and O–H groups in total. The highest BCUT2D eigenvalue weighted by atomic mass is 16.5. The first-order valence-corrected chi connectivity index (χ1v) is 6.18. The van der Waals surface area contributed by atoms with Crippen LogP contribution in [0.3, 0.4) is 0 Å². The van der Waals surface area contributed by atoms with Crippen LogP contribution in [0.15, 0.2) is 30.3 Å². The minimum absolute atomic E-state index is 0.549. The molecular formula is C14H20O2. The first-order chi connectivity index (χ1) is 7.95. The first kappa shape index (κ1) is 11.6. The van der Waals surface area contributed by atoms with Crippen molar-refractivity contribution < 1.29 is 9.47 Å². The molecular weight excluding hydrogens is 200 g/mol. The second-order valence-corrected chi connectivity index (χ2v) is 4.27. The van der Waals surface area contributed by atoms with Crippen LogP contribution in [-0.2, 0) is 15.9 Å². The van der Waals surface area contributed by atoms with E-state index < -0.39 is 0 Å². The highest BCUT2D eigenvalue weighted by Gasteiger charge is 2.21. The zero-order chi connectivity index (χ0) is 11.1. The van der Waals surface area contributed by atoms with Gasteiger partial charge in [-0.1, -0.05) is 30.3 Å². The van der Waals surface area contributed by atoms with E-state index in [9.17, 15) is 0 Å². The van der Waals surface area contributed by atoms with Gasteiger partial charge in [-0.3, -0.25) is 0 Å². The van der Waals surface area contributed by atoms with Crippen LogP contribution in [0.1, 0.15) is 24.8 Å². The molecule has 1 fully saturated rings. The van der Waals surface area contributed by atoms with E-state index in [2.05, 4.69) is 30.3 Å². The predicted octanol–water partition coefficient (Wildman–Crippen LogP) is 2.81. The van der Waals surface area contributed by atoms with Crippen molar-refractivity contribution in [3.8, 4) is 0 Å². The fourth-order valence-electron chi connectivity index (χ4n) is 1.63. The summed E-state index contributed by atoms with van der Waals surface area (Å²) < 4.78 is 11.0. The molecule has 0 heterocycles. The molecule has 1 aromatic rings. The molecule has 0 aromatic heterocycles. The van der Waals surface area contributed by atoms with Crippen molar-refractivity contribution >= 4 is 0 Å². The average Bonchev–Trinajstić information content (AvgIpc) is 3.13. The lowest BCUT2D eigenvalue weighted by atomic mass is 10.1. The van der Waals surface area contributed by atoms with Gasteiger partial charge in [-0.05, 0) is 31.2 Å². The molecule has 1 aliphatic rings. The first-order valence-electron chi connectivity index (χ1n) is 6.18. The van der Waals surface area contributed by atoms with Crippen LogP contribution >= 0.6 is 0 Å². The maximum absolute atomic E-state index is 5.51. The zero-order valence-electron chi connectivity index (χ0n) is 9.73. The average molecular weight is 220 g/mol. The highest BCUT2D eigenvalue weighted by molar-refractivity contribution is 5.14. The molecule has 0 unspecified atom stereocenters. The van der Waals surface area contributed by atoms with Crippen molar-refractivity contribution in [3.63, 3.8) is 0 Å². The number of ether oxygens (including phenoxy) is 2. The monoisotopic (exact) mass is 220 g/mol. The quantitative estimate of drug-likeness (QED) is 0.627. The molecule has 0 amide bonds.